The van der Waals surface area contributed by atoms with Gasteiger partial charge in [0.05, 0.1) is 4.88 Å². The van der Waals surface area contributed by atoms with Crippen LogP contribution in [0.2, 0.25) is 0 Å². The number of sulfonamides is 1. The number of rotatable bonds is 5. The van der Waals surface area contributed by atoms with Gasteiger partial charge in [0.1, 0.15) is 10.6 Å². The average molecular weight is 366 g/mol. The van der Waals surface area contributed by atoms with Gasteiger partial charge in [-0.3, -0.25) is 9.40 Å². The highest BCUT2D eigenvalue weighted by Crippen LogP contribution is 2.30. The standard InChI is InChI=1S/C15H15N3O2S3/c1-18-10-14(15(16-18)13-7-4-8-22-13)23(19,20)17-11-5-3-6-12(9-11)21-2/h3-10,17H,1-2H3. The first-order chi connectivity index (χ1) is 11.0. The highest BCUT2D eigenvalue weighted by molar-refractivity contribution is 7.98. The Bertz CT molecular complexity index is 915. The van der Waals surface area contributed by atoms with E-state index in [2.05, 4.69) is 9.82 Å². The highest BCUT2D eigenvalue weighted by Gasteiger charge is 2.23. The number of hydrogen-bond donors (Lipinski definition) is 1. The summed E-state index contributed by atoms with van der Waals surface area (Å²) in [6, 6.07) is 11.0. The fourth-order valence-electron chi connectivity index (χ4n) is 2.14. The lowest BCUT2D eigenvalue weighted by Gasteiger charge is -2.08. The lowest BCUT2D eigenvalue weighted by Crippen LogP contribution is -2.13. The molecule has 1 aromatic carbocycles. The van der Waals surface area contributed by atoms with Crippen molar-refractivity contribution in [3.8, 4) is 10.6 Å². The van der Waals surface area contributed by atoms with Crippen LogP contribution in [0.15, 0.2) is 57.8 Å². The molecule has 120 valence electrons. The van der Waals surface area contributed by atoms with Crippen molar-refractivity contribution in [2.24, 2.45) is 7.05 Å². The summed E-state index contributed by atoms with van der Waals surface area (Å²) in [5.74, 6) is 0. The van der Waals surface area contributed by atoms with Crippen molar-refractivity contribution in [2.75, 3.05) is 11.0 Å². The minimum absolute atomic E-state index is 0.178. The van der Waals surface area contributed by atoms with Crippen LogP contribution in [-0.2, 0) is 17.1 Å². The number of benzene rings is 1. The van der Waals surface area contributed by atoms with Crippen LogP contribution in [0.4, 0.5) is 5.69 Å². The molecule has 0 spiro atoms. The number of nitrogens with zero attached hydrogens (tertiary/aromatic N) is 2. The zero-order valence-electron chi connectivity index (χ0n) is 12.6. The number of aryl methyl sites for hydroxylation is 1. The van der Waals surface area contributed by atoms with Crippen LogP contribution in [-0.4, -0.2) is 24.5 Å². The predicted molar refractivity (Wildman–Crippen MR) is 95.6 cm³/mol. The quantitative estimate of drug-likeness (QED) is 0.701. The monoisotopic (exact) mass is 365 g/mol. The maximum absolute atomic E-state index is 12.8. The van der Waals surface area contributed by atoms with Crippen molar-refractivity contribution in [2.45, 2.75) is 9.79 Å². The van der Waals surface area contributed by atoms with E-state index in [9.17, 15) is 8.42 Å². The molecule has 2 heterocycles. The third-order valence-electron chi connectivity index (χ3n) is 3.16. The van der Waals surface area contributed by atoms with E-state index in [0.29, 0.717) is 11.4 Å². The van der Waals surface area contributed by atoms with Crippen LogP contribution in [0.3, 0.4) is 0 Å². The van der Waals surface area contributed by atoms with Crippen molar-refractivity contribution < 1.29 is 8.42 Å². The minimum Gasteiger partial charge on any atom is -0.279 e. The van der Waals surface area contributed by atoms with Gasteiger partial charge < -0.3 is 0 Å². The van der Waals surface area contributed by atoms with E-state index >= 15 is 0 Å². The van der Waals surface area contributed by atoms with Crippen LogP contribution >= 0.6 is 23.1 Å². The molecule has 0 unspecified atom stereocenters. The average Bonchev–Trinajstić information content (AvgIpc) is 3.16. The fraction of sp³-hybridized carbons (Fsp3) is 0.133. The Labute approximate surface area is 143 Å². The first kappa shape index (κ1) is 16.1. The molecule has 0 saturated heterocycles. The summed E-state index contributed by atoms with van der Waals surface area (Å²) in [4.78, 5) is 2.00. The third-order valence-corrected chi connectivity index (χ3v) is 6.15. The molecule has 3 aromatic rings. The summed E-state index contributed by atoms with van der Waals surface area (Å²) >= 11 is 3.02. The lowest BCUT2D eigenvalue weighted by molar-refractivity contribution is 0.601. The van der Waals surface area contributed by atoms with E-state index < -0.39 is 10.0 Å². The number of hydrogen-bond acceptors (Lipinski definition) is 5. The van der Waals surface area contributed by atoms with Gasteiger partial charge in [0.15, 0.2) is 0 Å². The smallest absolute Gasteiger partial charge is 0.265 e. The van der Waals surface area contributed by atoms with E-state index in [-0.39, 0.29) is 4.90 Å². The van der Waals surface area contributed by atoms with Crippen LogP contribution in [0.5, 0.6) is 0 Å². The molecule has 3 rings (SSSR count). The van der Waals surface area contributed by atoms with Crippen molar-refractivity contribution in [1.29, 1.82) is 0 Å². The molecule has 0 aliphatic heterocycles. The topological polar surface area (TPSA) is 64.0 Å². The maximum atomic E-state index is 12.8. The molecule has 0 aliphatic carbocycles. The molecule has 0 radical (unpaired) electrons. The fourth-order valence-corrected chi connectivity index (χ4v) is 4.64. The van der Waals surface area contributed by atoms with Crippen LogP contribution < -0.4 is 4.72 Å². The van der Waals surface area contributed by atoms with Gasteiger partial charge in [0, 0.05) is 23.8 Å². The molecule has 23 heavy (non-hydrogen) atoms. The summed E-state index contributed by atoms with van der Waals surface area (Å²) in [5.41, 5.74) is 1.01. The normalized spacial score (nSPS) is 11.6. The lowest BCUT2D eigenvalue weighted by atomic mass is 10.3. The number of thiophene rings is 1. The summed E-state index contributed by atoms with van der Waals surface area (Å²) in [5, 5.41) is 6.20. The van der Waals surface area contributed by atoms with E-state index in [1.807, 2.05) is 42.0 Å². The molecule has 8 heteroatoms. The van der Waals surface area contributed by atoms with Crippen LogP contribution in [0, 0.1) is 0 Å². The van der Waals surface area contributed by atoms with Gasteiger partial charge in [-0.2, -0.15) is 5.10 Å². The van der Waals surface area contributed by atoms with E-state index in [1.165, 1.54) is 22.2 Å². The molecule has 0 fully saturated rings. The summed E-state index contributed by atoms with van der Waals surface area (Å²) in [6.45, 7) is 0. The molecular formula is C15H15N3O2S3. The Kier molecular flexibility index (Phi) is 4.47. The summed E-state index contributed by atoms with van der Waals surface area (Å²) < 4.78 is 29.7. The Morgan fingerprint density at radius 3 is 2.78 bits per heavy atom. The summed E-state index contributed by atoms with van der Waals surface area (Å²) in [7, 11) is -2.00. The van der Waals surface area contributed by atoms with Gasteiger partial charge in [0.2, 0.25) is 0 Å². The zero-order valence-corrected chi connectivity index (χ0v) is 15.0. The first-order valence-electron chi connectivity index (χ1n) is 6.74. The number of thioether (sulfide) groups is 1. The molecule has 0 amide bonds. The Balaban J connectivity index is 2.00. The zero-order chi connectivity index (χ0) is 16.4. The molecule has 0 saturated carbocycles. The second kappa shape index (κ2) is 6.38. The van der Waals surface area contributed by atoms with Crippen molar-refractivity contribution in [3.05, 3.63) is 48.0 Å². The van der Waals surface area contributed by atoms with Crippen LogP contribution in [0.1, 0.15) is 0 Å². The van der Waals surface area contributed by atoms with Gasteiger partial charge in [-0.25, -0.2) is 8.42 Å². The van der Waals surface area contributed by atoms with Crippen molar-refractivity contribution >= 4 is 38.8 Å². The van der Waals surface area contributed by atoms with Gasteiger partial charge in [-0.05, 0) is 35.9 Å². The van der Waals surface area contributed by atoms with Crippen molar-refractivity contribution in [3.63, 3.8) is 0 Å². The minimum atomic E-state index is -3.71. The Morgan fingerprint density at radius 1 is 1.26 bits per heavy atom. The predicted octanol–water partition coefficient (Wildman–Crippen LogP) is 3.67. The SMILES string of the molecule is CSc1cccc(NS(=O)(=O)c2cn(C)nc2-c2cccs2)c1. The van der Waals surface area contributed by atoms with Gasteiger partial charge >= 0.3 is 0 Å². The second-order valence-corrected chi connectivity index (χ2v) is 8.31. The van der Waals surface area contributed by atoms with Crippen LogP contribution in [0.25, 0.3) is 10.6 Å². The van der Waals surface area contributed by atoms with Gasteiger partial charge in [0.25, 0.3) is 10.0 Å². The molecule has 0 aliphatic rings. The summed E-state index contributed by atoms with van der Waals surface area (Å²) in [6.07, 6.45) is 3.47. The number of nitrogens with one attached hydrogen (secondary N) is 1. The van der Waals surface area contributed by atoms with E-state index in [0.717, 1.165) is 9.77 Å². The maximum Gasteiger partial charge on any atom is 0.265 e. The first-order valence-corrected chi connectivity index (χ1v) is 10.3. The van der Waals surface area contributed by atoms with E-state index in [1.54, 1.807) is 24.9 Å². The molecule has 0 atom stereocenters. The molecule has 5 nitrogen and oxygen atoms in total. The van der Waals surface area contributed by atoms with Crippen molar-refractivity contribution in [1.82, 2.24) is 9.78 Å². The molecule has 1 N–H and O–H groups in total. The largest absolute Gasteiger partial charge is 0.279 e. The van der Waals surface area contributed by atoms with E-state index in [4.69, 9.17) is 0 Å². The highest BCUT2D eigenvalue weighted by atomic mass is 32.2. The molecular weight excluding hydrogens is 350 g/mol. The second-order valence-electron chi connectivity index (χ2n) is 4.83. The third kappa shape index (κ3) is 3.44. The van der Waals surface area contributed by atoms with Gasteiger partial charge in [-0.15, -0.1) is 23.1 Å². The van der Waals surface area contributed by atoms with Gasteiger partial charge in [-0.1, -0.05) is 12.1 Å². The number of anilines is 1. The Hall–Kier alpha value is -1.77. The molecule has 0 bridgehead atoms. The molecule has 2 aromatic heterocycles. The Morgan fingerprint density at radius 2 is 2.09 bits per heavy atom. The number of aromatic nitrogens is 2.